The minimum Gasteiger partial charge on any atom is -0.865 e. The fourth-order valence-corrected chi connectivity index (χ4v) is 1.72. The summed E-state index contributed by atoms with van der Waals surface area (Å²) >= 11 is 4.96. The van der Waals surface area contributed by atoms with Gasteiger partial charge in [-0.25, -0.2) is 0 Å². The molecular weight excluding hydrogens is 296 g/mol. The highest BCUT2D eigenvalue weighted by atomic mass is 32.1. The normalized spacial score (nSPS) is 10.7. The zero-order chi connectivity index (χ0) is 16.0. The lowest BCUT2D eigenvalue weighted by Crippen LogP contribution is -2.36. The molecular formula is C12H15N4O4S-. The molecule has 8 nitrogen and oxygen atoms in total. The molecule has 0 heterocycles. The van der Waals surface area contributed by atoms with Crippen molar-refractivity contribution in [2.24, 2.45) is 5.10 Å². The van der Waals surface area contributed by atoms with Crippen LogP contribution in [0.1, 0.15) is 19.4 Å². The zero-order valence-electron chi connectivity index (χ0n) is 11.7. The molecule has 0 aromatic heterocycles. The van der Waals surface area contributed by atoms with Crippen molar-refractivity contribution in [1.82, 2.24) is 10.7 Å². The average Bonchev–Trinajstić information content (AvgIpc) is 2.39. The van der Waals surface area contributed by atoms with E-state index in [0.29, 0.717) is 10.7 Å². The van der Waals surface area contributed by atoms with Crippen molar-refractivity contribution in [2.45, 2.75) is 19.9 Å². The van der Waals surface area contributed by atoms with Crippen LogP contribution in [0.3, 0.4) is 0 Å². The Morgan fingerprint density at radius 1 is 1.52 bits per heavy atom. The SMILES string of the molecule is COc1cc(/C=N\NC(=S)NC(C)C)cc([N+](=O)[O-])c1[O-]. The first-order valence-electron chi connectivity index (χ1n) is 5.98. The number of hydrazone groups is 1. The van der Waals surface area contributed by atoms with Gasteiger partial charge in [-0.1, -0.05) is 0 Å². The number of methoxy groups -OCH3 is 1. The van der Waals surface area contributed by atoms with E-state index in [1.165, 1.54) is 19.4 Å². The van der Waals surface area contributed by atoms with Crippen LogP contribution in [0, 0.1) is 10.1 Å². The molecule has 2 N–H and O–H groups in total. The van der Waals surface area contributed by atoms with Crippen LogP contribution in [0.4, 0.5) is 5.69 Å². The van der Waals surface area contributed by atoms with E-state index < -0.39 is 16.4 Å². The number of nitrogens with one attached hydrogen (secondary N) is 2. The number of nitro groups is 1. The second-order valence-electron chi connectivity index (χ2n) is 4.33. The Kier molecular flexibility index (Phi) is 5.85. The summed E-state index contributed by atoms with van der Waals surface area (Å²) in [6.45, 7) is 3.83. The maximum atomic E-state index is 11.6. The molecule has 9 heteroatoms. The fourth-order valence-electron chi connectivity index (χ4n) is 1.43. The Morgan fingerprint density at radius 3 is 2.71 bits per heavy atom. The fraction of sp³-hybridized carbons (Fsp3) is 0.333. The van der Waals surface area contributed by atoms with Crippen molar-refractivity contribution in [3.8, 4) is 11.5 Å². The summed E-state index contributed by atoms with van der Waals surface area (Å²) < 4.78 is 4.82. The quantitative estimate of drug-likeness (QED) is 0.359. The molecule has 1 rings (SSSR count). The Labute approximate surface area is 127 Å². The largest absolute Gasteiger partial charge is 0.865 e. The number of ether oxygens (including phenoxy) is 1. The van der Waals surface area contributed by atoms with Gasteiger partial charge in [-0.15, -0.1) is 0 Å². The third-order valence-electron chi connectivity index (χ3n) is 2.27. The van der Waals surface area contributed by atoms with Crippen molar-refractivity contribution in [3.05, 3.63) is 27.8 Å². The van der Waals surface area contributed by atoms with E-state index in [0.717, 1.165) is 6.07 Å². The van der Waals surface area contributed by atoms with Gasteiger partial charge in [0.1, 0.15) is 5.75 Å². The van der Waals surface area contributed by atoms with E-state index in [4.69, 9.17) is 17.0 Å². The average molecular weight is 311 g/mol. The van der Waals surface area contributed by atoms with E-state index in [9.17, 15) is 15.2 Å². The molecule has 0 amide bonds. The lowest BCUT2D eigenvalue weighted by atomic mass is 10.2. The standard InChI is InChI=1S/C12H16N4O4S/c1-7(2)14-12(21)15-13-6-8-4-9(16(18)19)11(17)10(5-8)20-3/h4-7,17H,1-3H3,(H2,14,15,21)/p-1/b13-6-. The molecule has 0 atom stereocenters. The molecule has 0 aliphatic heterocycles. The Balaban J connectivity index is 2.91. The second-order valence-corrected chi connectivity index (χ2v) is 4.73. The molecule has 1 aromatic carbocycles. The lowest BCUT2D eigenvalue weighted by Gasteiger charge is -2.13. The van der Waals surface area contributed by atoms with Crippen molar-refractivity contribution in [3.63, 3.8) is 0 Å². The maximum Gasteiger partial charge on any atom is 0.266 e. The number of thiocarbonyl (C=S) groups is 1. The number of nitro benzene ring substituents is 1. The number of nitrogens with zero attached hydrogens (tertiary/aromatic N) is 2. The van der Waals surface area contributed by atoms with Crippen LogP contribution in [0.2, 0.25) is 0 Å². The molecule has 0 spiro atoms. The molecule has 0 aliphatic carbocycles. The molecule has 0 saturated heterocycles. The van der Waals surface area contributed by atoms with Gasteiger partial charge >= 0.3 is 0 Å². The summed E-state index contributed by atoms with van der Waals surface area (Å²) in [6, 6.07) is 2.63. The van der Waals surface area contributed by atoms with Crippen LogP contribution in [-0.4, -0.2) is 29.4 Å². The maximum absolute atomic E-state index is 11.6. The van der Waals surface area contributed by atoms with Gasteiger partial charge in [0.25, 0.3) is 5.69 Å². The minimum absolute atomic E-state index is 0.117. The molecule has 0 bridgehead atoms. The summed E-state index contributed by atoms with van der Waals surface area (Å²) in [5.41, 5.74) is 2.34. The molecule has 0 aliphatic rings. The third-order valence-corrected chi connectivity index (χ3v) is 2.48. The van der Waals surface area contributed by atoms with Gasteiger partial charge in [0.15, 0.2) is 5.11 Å². The van der Waals surface area contributed by atoms with E-state index in [2.05, 4.69) is 15.8 Å². The summed E-state index contributed by atoms with van der Waals surface area (Å²) in [7, 11) is 1.27. The zero-order valence-corrected chi connectivity index (χ0v) is 12.6. The topological polar surface area (TPSA) is 112 Å². The van der Waals surface area contributed by atoms with E-state index in [1.54, 1.807) is 0 Å². The lowest BCUT2D eigenvalue weighted by molar-refractivity contribution is -0.398. The van der Waals surface area contributed by atoms with Crippen LogP contribution < -0.4 is 20.6 Å². The predicted octanol–water partition coefficient (Wildman–Crippen LogP) is 0.883. The molecule has 114 valence electrons. The molecule has 0 radical (unpaired) electrons. The van der Waals surface area contributed by atoms with Gasteiger partial charge in [0, 0.05) is 23.4 Å². The highest BCUT2D eigenvalue weighted by Crippen LogP contribution is 2.33. The van der Waals surface area contributed by atoms with Crippen molar-refractivity contribution < 1.29 is 14.8 Å². The third kappa shape index (κ3) is 4.88. The number of benzene rings is 1. The summed E-state index contributed by atoms with van der Waals surface area (Å²) in [4.78, 5) is 10.0. The number of hydrogen-bond donors (Lipinski definition) is 2. The van der Waals surface area contributed by atoms with Gasteiger partial charge in [-0.3, -0.25) is 15.5 Å². The highest BCUT2D eigenvalue weighted by molar-refractivity contribution is 7.80. The van der Waals surface area contributed by atoms with Gasteiger partial charge in [0.2, 0.25) is 0 Å². The first-order chi connectivity index (χ1) is 9.85. The first kappa shape index (κ1) is 16.6. The first-order valence-corrected chi connectivity index (χ1v) is 6.39. The van der Waals surface area contributed by atoms with Crippen LogP contribution in [0.25, 0.3) is 0 Å². The highest BCUT2D eigenvalue weighted by Gasteiger charge is 2.12. The minimum atomic E-state index is -0.774. The second kappa shape index (κ2) is 7.39. The molecule has 0 fully saturated rings. The van der Waals surface area contributed by atoms with E-state index in [-0.39, 0.29) is 11.8 Å². The summed E-state index contributed by atoms with van der Waals surface area (Å²) in [6.07, 6.45) is 1.31. The molecule has 1 aromatic rings. The van der Waals surface area contributed by atoms with Crippen molar-refractivity contribution >= 4 is 29.2 Å². The van der Waals surface area contributed by atoms with Gasteiger partial charge in [-0.05, 0) is 32.1 Å². The Morgan fingerprint density at radius 2 is 2.19 bits per heavy atom. The Bertz CT molecular complexity index is 575. The van der Waals surface area contributed by atoms with E-state index >= 15 is 0 Å². The van der Waals surface area contributed by atoms with Crippen molar-refractivity contribution in [2.75, 3.05) is 7.11 Å². The predicted molar refractivity (Wildman–Crippen MR) is 80.7 cm³/mol. The molecule has 0 unspecified atom stereocenters. The number of rotatable bonds is 5. The Hall–Kier alpha value is -2.42. The molecule has 21 heavy (non-hydrogen) atoms. The summed E-state index contributed by atoms with van der Waals surface area (Å²) in [5, 5.41) is 29.5. The smallest absolute Gasteiger partial charge is 0.266 e. The van der Waals surface area contributed by atoms with E-state index in [1.807, 2.05) is 13.8 Å². The monoisotopic (exact) mass is 311 g/mol. The van der Waals surface area contributed by atoms with Gasteiger partial charge in [0.05, 0.1) is 18.2 Å². The number of hydrogen-bond acceptors (Lipinski definition) is 6. The summed E-state index contributed by atoms with van der Waals surface area (Å²) in [5.74, 6) is -0.891. The van der Waals surface area contributed by atoms with Gasteiger partial charge in [-0.2, -0.15) is 5.10 Å². The van der Waals surface area contributed by atoms with Gasteiger partial charge < -0.3 is 15.2 Å². The van der Waals surface area contributed by atoms with Crippen LogP contribution in [-0.2, 0) is 0 Å². The van der Waals surface area contributed by atoms with Crippen molar-refractivity contribution in [1.29, 1.82) is 0 Å². The van der Waals surface area contributed by atoms with Crippen LogP contribution in [0.15, 0.2) is 17.2 Å². The van der Waals surface area contributed by atoms with Crippen LogP contribution in [0.5, 0.6) is 11.5 Å². The van der Waals surface area contributed by atoms with Crippen LogP contribution >= 0.6 is 12.2 Å². The molecule has 0 saturated carbocycles.